The Labute approximate surface area is 154 Å². The van der Waals surface area contributed by atoms with Gasteiger partial charge in [-0.15, -0.1) is 0 Å². The Morgan fingerprint density at radius 3 is 2.04 bits per heavy atom. The van der Waals surface area contributed by atoms with E-state index in [0.717, 1.165) is 29.5 Å². The smallest absolute Gasteiger partial charge is 0.0891 e. The SMILES string of the molecule is CBC(CC)C(C)C1(C)C(C(C)(CC)CCC)C(C)(C)C2CC[C@@H]21. The Hall–Kier alpha value is 0.0649. The minimum Gasteiger partial charge on any atom is -0.0891 e. The number of fused-ring (bicyclic) bond motifs is 1. The van der Waals surface area contributed by atoms with Crippen molar-refractivity contribution in [1.29, 1.82) is 0 Å². The van der Waals surface area contributed by atoms with E-state index < -0.39 is 0 Å². The average Bonchev–Trinajstić information content (AvgIpc) is 2.58. The second kappa shape index (κ2) is 7.00. The maximum atomic E-state index is 2.73. The van der Waals surface area contributed by atoms with Crippen LogP contribution < -0.4 is 0 Å². The molecule has 2 aliphatic rings. The topological polar surface area (TPSA) is 0 Å². The highest BCUT2D eigenvalue weighted by atomic mass is 14.7. The molecule has 0 saturated heterocycles. The van der Waals surface area contributed by atoms with Crippen LogP contribution >= 0.6 is 0 Å². The van der Waals surface area contributed by atoms with Crippen molar-refractivity contribution in [3.8, 4) is 0 Å². The molecule has 0 bridgehead atoms. The van der Waals surface area contributed by atoms with Crippen molar-refractivity contribution in [3.05, 3.63) is 0 Å². The van der Waals surface area contributed by atoms with Crippen LogP contribution in [0.5, 0.6) is 0 Å². The van der Waals surface area contributed by atoms with Crippen LogP contribution in [0.1, 0.15) is 93.9 Å². The molecule has 2 aliphatic carbocycles. The molecular formula is C23H45B. The lowest BCUT2D eigenvalue weighted by Gasteiger charge is -2.54. The molecular weight excluding hydrogens is 287 g/mol. The van der Waals surface area contributed by atoms with Gasteiger partial charge in [0.15, 0.2) is 0 Å². The predicted octanol–water partition coefficient (Wildman–Crippen LogP) is 7.21. The van der Waals surface area contributed by atoms with Crippen LogP contribution in [0.25, 0.3) is 0 Å². The molecule has 2 saturated carbocycles. The minimum atomic E-state index is 0.505. The fourth-order valence-corrected chi connectivity index (χ4v) is 8.21. The van der Waals surface area contributed by atoms with Crippen molar-refractivity contribution in [2.24, 2.45) is 39.9 Å². The van der Waals surface area contributed by atoms with Crippen LogP contribution in [0, 0.1) is 39.9 Å². The molecule has 0 aromatic heterocycles. The van der Waals surface area contributed by atoms with E-state index in [0.29, 0.717) is 16.2 Å². The molecule has 0 spiro atoms. The van der Waals surface area contributed by atoms with Crippen LogP contribution in [0.3, 0.4) is 0 Å². The van der Waals surface area contributed by atoms with Crippen molar-refractivity contribution in [3.63, 3.8) is 0 Å². The molecule has 1 heteroatoms. The van der Waals surface area contributed by atoms with E-state index in [1.807, 2.05) is 0 Å². The first kappa shape index (κ1) is 20.4. The van der Waals surface area contributed by atoms with Gasteiger partial charge in [0.25, 0.3) is 0 Å². The molecule has 0 radical (unpaired) electrons. The molecule has 0 aromatic carbocycles. The first-order valence-corrected chi connectivity index (χ1v) is 11.1. The monoisotopic (exact) mass is 332 g/mol. The first-order valence-electron chi connectivity index (χ1n) is 11.1. The van der Waals surface area contributed by atoms with E-state index >= 15 is 0 Å². The molecule has 0 nitrogen and oxygen atoms in total. The molecule has 2 fully saturated rings. The summed E-state index contributed by atoms with van der Waals surface area (Å²) in [6, 6.07) is 0. The fraction of sp³-hybridized carbons (Fsp3) is 1.00. The van der Waals surface area contributed by atoms with Crippen LogP contribution in [0.4, 0.5) is 0 Å². The zero-order valence-corrected chi connectivity index (χ0v) is 18.3. The van der Waals surface area contributed by atoms with E-state index in [1.54, 1.807) is 0 Å². The van der Waals surface area contributed by atoms with E-state index in [4.69, 9.17) is 0 Å². The van der Waals surface area contributed by atoms with Crippen molar-refractivity contribution in [2.45, 2.75) is 107 Å². The van der Waals surface area contributed by atoms with Gasteiger partial charge in [-0.1, -0.05) is 87.3 Å². The quantitative estimate of drug-likeness (QED) is 0.412. The van der Waals surface area contributed by atoms with Gasteiger partial charge in [-0.3, -0.25) is 0 Å². The van der Waals surface area contributed by atoms with Gasteiger partial charge in [-0.2, -0.15) is 0 Å². The van der Waals surface area contributed by atoms with Gasteiger partial charge in [0.2, 0.25) is 0 Å². The molecule has 0 aromatic rings. The lowest BCUT2D eigenvalue weighted by molar-refractivity contribution is -0.0481. The zero-order chi connectivity index (χ0) is 18.3. The van der Waals surface area contributed by atoms with Crippen LogP contribution in [-0.2, 0) is 0 Å². The minimum absolute atomic E-state index is 0.505. The van der Waals surface area contributed by atoms with Gasteiger partial charge < -0.3 is 0 Å². The third-order valence-corrected chi connectivity index (χ3v) is 9.46. The normalized spacial score (nSPS) is 39.5. The van der Waals surface area contributed by atoms with Gasteiger partial charge in [0, 0.05) is 0 Å². The van der Waals surface area contributed by atoms with Crippen LogP contribution in [0.15, 0.2) is 0 Å². The molecule has 140 valence electrons. The van der Waals surface area contributed by atoms with Crippen molar-refractivity contribution in [2.75, 3.05) is 0 Å². The molecule has 2 rings (SSSR count). The highest BCUT2D eigenvalue weighted by Gasteiger charge is 2.69. The highest BCUT2D eigenvalue weighted by Crippen LogP contribution is 2.75. The number of rotatable bonds is 8. The predicted molar refractivity (Wildman–Crippen MR) is 111 cm³/mol. The summed E-state index contributed by atoms with van der Waals surface area (Å²) in [6.45, 7) is 23.0. The van der Waals surface area contributed by atoms with Crippen LogP contribution in [-0.4, -0.2) is 7.28 Å². The largest absolute Gasteiger partial charge is 0.121 e. The Morgan fingerprint density at radius 2 is 1.67 bits per heavy atom. The summed E-state index contributed by atoms with van der Waals surface area (Å²) in [6.07, 6.45) is 8.43. The molecule has 0 N–H and O–H groups in total. The Kier molecular flexibility index (Phi) is 5.94. The lowest BCUT2D eigenvalue weighted by Crippen LogP contribution is -2.48. The third kappa shape index (κ3) is 2.71. The first-order chi connectivity index (χ1) is 11.1. The summed E-state index contributed by atoms with van der Waals surface area (Å²) >= 11 is 0. The maximum Gasteiger partial charge on any atom is 0.121 e. The van der Waals surface area contributed by atoms with Crippen LogP contribution in [0.2, 0.25) is 12.6 Å². The van der Waals surface area contributed by atoms with Gasteiger partial charge in [0.05, 0.1) is 0 Å². The summed E-state index contributed by atoms with van der Waals surface area (Å²) in [4.78, 5) is 0. The molecule has 0 heterocycles. The van der Waals surface area contributed by atoms with Crippen molar-refractivity contribution in [1.82, 2.24) is 0 Å². The molecule has 7 atom stereocenters. The van der Waals surface area contributed by atoms with Crippen molar-refractivity contribution < 1.29 is 0 Å². The Morgan fingerprint density at radius 1 is 1.08 bits per heavy atom. The zero-order valence-electron chi connectivity index (χ0n) is 18.3. The van der Waals surface area contributed by atoms with Crippen molar-refractivity contribution >= 4 is 7.28 Å². The van der Waals surface area contributed by atoms with E-state index in [9.17, 15) is 0 Å². The standard InChI is InChI=1S/C23H45B/c1-10-15-22(7,12-3)20-21(5,6)17-13-14-18(17)23(20,8)16(4)19(11-2)24-9/h16-20,24H,10-15H2,1-9H3/t16?,17?,18-,19?,20?,22?,23?/m0/s1. The Balaban J connectivity index is 2.53. The van der Waals surface area contributed by atoms with E-state index in [2.05, 4.69) is 62.2 Å². The number of hydrogen-bond donors (Lipinski definition) is 0. The van der Waals surface area contributed by atoms with Gasteiger partial charge in [-0.25, -0.2) is 0 Å². The highest BCUT2D eigenvalue weighted by molar-refractivity contribution is 6.35. The van der Waals surface area contributed by atoms with Gasteiger partial charge in [-0.05, 0) is 59.2 Å². The number of hydrogen-bond acceptors (Lipinski definition) is 0. The second-order valence-corrected chi connectivity index (χ2v) is 10.5. The summed E-state index contributed by atoms with van der Waals surface area (Å²) < 4.78 is 0. The fourth-order valence-electron chi connectivity index (χ4n) is 8.21. The van der Waals surface area contributed by atoms with E-state index in [-0.39, 0.29) is 0 Å². The second-order valence-electron chi connectivity index (χ2n) is 10.5. The molecule has 0 amide bonds. The summed E-state index contributed by atoms with van der Waals surface area (Å²) in [5, 5.41) is 0. The van der Waals surface area contributed by atoms with Gasteiger partial charge in [0.1, 0.15) is 7.28 Å². The summed E-state index contributed by atoms with van der Waals surface area (Å²) in [5.74, 6) is 4.59. The Bertz CT molecular complexity index is 424. The summed E-state index contributed by atoms with van der Waals surface area (Å²) in [5.41, 5.74) is 1.55. The summed E-state index contributed by atoms with van der Waals surface area (Å²) in [7, 11) is 1.36. The molecule has 24 heavy (non-hydrogen) atoms. The lowest BCUT2D eigenvalue weighted by atomic mass is 9.46. The molecule has 0 aliphatic heterocycles. The molecule has 6 unspecified atom stereocenters. The van der Waals surface area contributed by atoms with Gasteiger partial charge >= 0.3 is 0 Å². The average molecular weight is 332 g/mol. The van der Waals surface area contributed by atoms with E-state index in [1.165, 1.54) is 45.8 Å². The third-order valence-electron chi connectivity index (χ3n) is 9.46. The maximum absolute atomic E-state index is 2.73.